The molecule has 0 spiro atoms. The largest absolute Gasteiger partial charge is 0.493 e. The van der Waals surface area contributed by atoms with Gasteiger partial charge < -0.3 is 10.2 Å². The Bertz CT molecular complexity index is 526. The summed E-state index contributed by atoms with van der Waals surface area (Å²) in [5.74, 6) is 0.978. The van der Waals surface area contributed by atoms with Crippen molar-refractivity contribution in [1.29, 1.82) is 0 Å². The number of hydrogen-bond donors (Lipinski definition) is 2. The lowest BCUT2D eigenvalue weighted by Gasteiger charge is -2.12. The van der Waals surface area contributed by atoms with Crippen molar-refractivity contribution >= 4 is 5.69 Å². The van der Waals surface area contributed by atoms with Gasteiger partial charge in [0.2, 0.25) is 0 Å². The van der Waals surface area contributed by atoms with Gasteiger partial charge in [-0.15, -0.1) is 0 Å². The summed E-state index contributed by atoms with van der Waals surface area (Å²) < 4.78 is 5.74. The van der Waals surface area contributed by atoms with Crippen LogP contribution in [0.2, 0.25) is 0 Å². The minimum absolute atomic E-state index is 0.748. The summed E-state index contributed by atoms with van der Waals surface area (Å²) in [6.07, 6.45) is 1.03. The molecule has 0 aromatic heterocycles. The van der Waals surface area contributed by atoms with E-state index in [1.165, 1.54) is 11.1 Å². The molecule has 0 amide bonds. The molecule has 106 valence electrons. The van der Waals surface area contributed by atoms with Crippen LogP contribution in [0.1, 0.15) is 24.5 Å². The van der Waals surface area contributed by atoms with Crippen LogP contribution in [0, 0.1) is 6.92 Å². The van der Waals surface area contributed by atoms with Crippen LogP contribution in [0.25, 0.3) is 0 Å². The van der Waals surface area contributed by atoms with Crippen molar-refractivity contribution in [2.75, 3.05) is 12.0 Å². The molecule has 0 aliphatic carbocycles. The third-order valence-corrected chi connectivity index (χ3v) is 3.01. The molecule has 0 bridgehead atoms. The molecule has 0 aliphatic heterocycles. The zero-order valence-electron chi connectivity index (χ0n) is 12.1. The highest BCUT2D eigenvalue weighted by Gasteiger charge is 2.01. The van der Waals surface area contributed by atoms with Gasteiger partial charge in [0.1, 0.15) is 5.75 Å². The van der Waals surface area contributed by atoms with Crippen molar-refractivity contribution in [2.45, 2.75) is 26.8 Å². The molecule has 0 fully saturated rings. The lowest BCUT2D eigenvalue weighted by atomic mass is 10.1. The van der Waals surface area contributed by atoms with Crippen molar-refractivity contribution in [3.63, 3.8) is 0 Å². The Balaban J connectivity index is 1.89. The van der Waals surface area contributed by atoms with E-state index in [0.29, 0.717) is 0 Å². The number of benzene rings is 2. The molecule has 3 heteroatoms. The van der Waals surface area contributed by atoms with E-state index in [2.05, 4.69) is 42.9 Å². The van der Waals surface area contributed by atoms with E-state index < -0.39 is 0 Å². The van der Waals surface area contributed by atoms with Crippen LogP contribution < -0.4 is 15.6 Å². The molecule has 0 unspecified atom stereocenters. The minimum Gasteiger partial charge on any atom is -0.493 e. The Morgan fingerprint density at radius 3 is 2.60 bits per heavy atom. The molecule has 0 saturated heterocycles. The third kappa shape index (κ3) is 4.28. The zero-order valence-corrected chi connectivity index (χ0v) is 12.1. The highest BCUT2D eigenvalue weighted by Crippen LogP contribution is 2.19. The molecule has 0 atom stereocenters. The maximum atomic E-state index is 5.74. The van der Waals surface area contributed by atoms with Crippen molar-refractivity contribution in [2.24, 2.45) is 0 Å². The van der Waals surface area contributed by atoms with Crippen LogP contribution >= 0.6 is 0 Å². The second-order valence-electron chi connectivity index (χ2n) is 4.79. The monoisotopic (exact) mass is 270 g/mol. The maximum Gasteiger partial charge on any atom is 0.122 e. The Labute approximate surface area is 120 Å². The molecule has 2 N–H and O–H groups in total. The highest BCUT2D eigenvalue weighted by molar-refractivity contribution is 5.41. The highest BCUT2D eigenvalue weighted by atomic mass is 16.5. The number of hydrogen-bond acceptors (Lipinski definition) is 3. The number of rotatable bonds is 7. The van der Waals surface area contributed by atoms with E-state index in [4.69, 9.17) is 4.74 Å². The van der Waals surface area contributed by atoms with Crippen molar-refractivity contribution in [3.05, 3.63) is 59.7 Å². The lowest BCUT2D eigenvalue weighted by molar-refractivity contribution is 0.315. The van der Waals surface area contributed by atoms with Crippen molar-refractivity contribution < 1.29 is 4.74 Å². The molecule has 0 radical (unpaired) electrons. The lowest BCUT2D eigenvalue weighted by Crippen LogP contribution is -2.20. The van der Waals surface area contributed by atoms with Crippen LogP contribution in [0.5, 0.6) is 5.75 Å². The molecule has 2 aromatic carbocycles. The minimum atomic E-state index is 0.748. The standard InChI is InChI=1S/C17H22N2O/c1-3-11-20-17-12-15(10-9-14(17)2)13-18-19-16-7-5-4-6-8-16/h4-10,12,18-19H,3,11,13H2,1-2H3. The molecule has 0 aliphatic rings. The van der Waals surface area contributed by atoms with Gasteiger partial charge in [-0.1, -0.05) is 37.3 Å². The fourth-order valence-electron chi connectivity index (χ4n) is 1.89. The van der Waals surface area contributed by atoms with Gasteiger partial charge in [-0.3, -0.25) is 0 Å². The predicted molar refractivity (Wildman–Crippen MR) is 83.9 cm³/mol. The second-order valence-corrected chi connectivity index (χ2v) is 4.79. The molecular formula is C17H22N2O. The van der Waals surface area contributed by atoms with Gasteiger partial charge in [0, 0.05) is 12.2 Å². The van der Waals surface area contributed by atoms with Gasteiger partial charge in [-0.25, -0.2) is 5.43 Å². The number of aryl methyl sites for hydroxylation is 1. The van der Waals surface area contributed by atoms with Crippen LogP contribution in [0.15, 0.2) is 48.5 Å². The Hall–Kier alpha value is -2.00. The Morgan fingerprint density at radius 2 is 1.85 bits per heavy atom. The topological polar surface area (TPSA) is 33.3 Å². The first-order valence-corrected chi connectivity index (χ1v) is 7.06. The summed E-state index contributed by atoms with van der Waals surface area (Å²) in [6, 6.07) is 16.4. The molecule has 0 heterocycles. The summed E-state index contributed by atoms with van der Waals surface area (Å²) in [6.45, 7) is 5.70. The zero-order chi connectivity index (χ0) is 14.2. The van der Waals surface area contributed by atoms with Gasteiger partial charge >= 0.3 is 0 Å². The number of nitrogens with one attached hydrogen (secondary N) is 2. The normalized spacial score (nSPS) is 10.3. The summed E-state index contributed by atoms with van der Waals surface area (Å²) >= 11 is 0. The van der Waals surface area contributed by atoms with Gasteiger partial charge in [-0.2, -0.15) is 0 Å². The van der Waals surface area contributed by atoms with E-state index in [1.54, 1.807) is 0 Å². The van der Waals surface area contributed by atoms with E-state index in [9.17, 15) is 0 Å². The van der Waals surface area contributed by atoms with Gasteiger partial charge in [0.05, 0.1) is 6.61 Å². The van der Waals surface area contributed by atoms with E-state index in [-0.39, 0.29) is 0 Å². The second kappa shape index (κ2) is 7.56. The maximum absolute atomic E-state index is 5.74. The average Bonchev–Trinajstić information content (AvgIpc) is 2.49. The fraction of sp³-hybridized carbons (Fsp3) is 0.294. The Morgan fingerprint density at radius 1 is 1.05 bits per heavy atom. The number of ether oxygens (including phenoxy) is 1. The fourth-order valence-corrected chi connectivity index (χ4v) is 1.89. The smallest absolute Gasteiger partial charge is 0.122 e. The van der Waals surface area contributed by atoms with Crippen LogP contribution in [-0.2, 0) is 6.54 Å². The quantitative estimate of drug-likeness (QED) is 0.749. The Kier molecular flexibility index (Phi) is 5.44. The van der Waals surface area contributed by atoms with Crippen molar-refractivity contribution in [3.8, 4) is 5.75 Å². The summed E-state index contributed by atoms with van der Waals surface area (Å²) in [7, 11) is 0. The summed E-state index contributed by atoms with van der Waals surface area (Å²) in [5, 5.41) is 0. The molecule has 3 nitrogen and oxygen atoms in total. The molecule has 2 aromatic rings. The van der Waals surface area contributed by atoms with Crippen LogP contribution in [0.4, 0.5) is 5.69 Å². The number of anilines is 1. The first-order valence-electron chi connectivity index (χ1n) is 7.06. The van der Waals surface area contributed by atoms with E-state index in [1.807, 2.05) is 30.3 Å². The summed E-state index contributed by atoms with van der Waals surface area (Å²) in [4.78, 5) is 0. The van der Waals surface area contributed by atoms with Crippen molar-refractivity contribution in [1.82, 2.24) is 5.43 Å². The molecule has 2 rings (SSSR count). The van der Waals surface area contributed by atoms with Gasteiger partial charge in [0.15, 0.2) is 0 Å². The molecular weight excluding hydrogens is 248 g/mol. The summed E-state index contributed by atoms with van der Waals surface area (Å²) in [5.41, 5.74) is 9.83. The number of para-hydroxylation sites is 1. The first kappa shape index (κ1) is 14.4. The van der Waals surface area contributed by atoms with Gasteiger partial charge in [0.25, 0.3) is 0 Å². The van der Waals surface area contributed by atoms with E-state index >= 15 is 0 Å². The number of hydrazine groups is 1. The van der Waals surface area contributed by atoms with E-state index in [0.717, 1.165) is 31.0 Å². The SMILES string of the molecule is CCCOc1cc(CNNc2ccccc2)ccc1C. The average molecular weight is 270 g/mol. The molecule has 0 saturated carbocycles. The predicted octanol–water partition coefficient (Wildman–Crippen LogP) is 3.90. The third-order valence-electron chi connectivity index (χ3n) is 3.01. The van der Waals surface area contributed by atoms with Crippen LogP contribution in [0.3, 0.4) is 0 Å². The molecule has 20 heavy (non-hydrogen) atoms. The van der Waals surface area contributed by atoms with Gasteiger partial charge in [-0.05, 0) is 42.7 Å². The first-order chi connectivity index (χ1) is 9.79. The van der Waals surface area contributed by atoms with Crippen LogP contribution in [-0.4, -0.2) is 6.61 Å².